The molecule has 0 bridgehead atoms. The standard InChI is InChI=1S/C37H76O11/c1-3-5-7-8-9-10-11-12-13-15-17-39-19-21-41-23-25-43-27-29-45-31-33-47-35-37-48-36-34-46-32-30-44-28-26-42-24-22-40-20-18-38-16-14-6-4-2/h3-37H2,1-2H3. The predicted molar refractivity (Wildman–Crippen MR) is 190 cm³/mol. The van der Waals surface area contributed by atoms with Gasteiger partial charge in [-0.3, -0.25) is 0 Å². The van der Waals surface area contributed by atoms with Crippen LogP contribution < -0.4 is 0 Å². The van der Waals surface area contributed by atoms with Gasteiger partial charge in [0.2, 0.25) is 0 Å². The molecule has 0 N–H and O–H groups in total. The van der Waals surface area contributed by atoms with E-state index in [1.165, 1.54) is 70.6 Å². The number of rotatable bonds is 45. The summed E-state index contributed by atoms with van der Waals surface area (Å²) in [7, 11) is 0. The molecule has 0 aromatic carbocycles. The normalized spacial score (nSPS) is 11.6. The fraction of sp³-hybridized carbons (Fsp3) is 1.00. The van der Waals surface area contributed by atoms with Crippen molar-refractivity contribution >= 4 is 0 Å². The molecule has 0 atom stereocenters. The Morgan fingerprint density at radius 1 is 0.167 bits per heavy atom. The van der Waals surface area contributed by atoms with Gasteiger partial charge in [0.05, 0.1) is 132 Å². The topological polar surface area (TPSA) is 102 Å². The maximum absolute atomic E-state index is 5.65. The van der Waals surface area contributed by atoms with Crippen molar-refractivity contribution in [3.63, 3.8) is 0 Å². The van der Waals surface area contributed by atoms with Gasteiger partial charge in [0, 0.05) is 13.2 Å². The van der Waals surface area contributed by atoms with Gasteiger partial charge < -0.3 is 52.1 Å². The van der Waals surface area contributed by atoms with Crippen LogP contribution in [-0.2, 0) is 52.1 Å². The minimum absolute atomic E-state index is 0.528. The van der Waals surface area contributed by atoms with Gasteiger partial charge in [0.15, 0.2) is 0 Å². The second-order valence-corrected chi connectivity index (χ2v) is 11.6. The lowest BCUT2D eigenvalue weighted by Crippen LogP contribution is -2.15. The van der Waals surface area contributed by atoms with E-state index in [0.29, 0.717) is 132 Å². The first-order chi connectivity index (χ1) is 23.9. The summed E-state index contributed by atoms with van der Waals surface area (Å²) >= 11 is 0. The minimum Gasteiger partial charge on any atom is -0.379 e. The molecule has 0 amide bonds. The Labute approximate surface area is 294 Å². The van der Waals surface area contributed by atoms with Crippen LogP contribution in [0, 0.1) is 0 Å². The molecule has 0 saturated carbocycles. The van der Waals surface area contributed by atoms with Crippen LogP contribution in [0.2, 0.25) is 0 Å². The summed E-state index contributed by atoms with van der Waals surface area (Å²) < 4.78 is 60.7. The van der Waals surface area contributed by atoms with E-state index in [-0.39, 0.29) is 0 Å². The first-order valence-electron chi connectivity index (χ1n) is 19.3. The third kappa shape index (κ3) is 45.6. The third-order valence-electron chi connectivity index (χ3n) is 7.25. The summed E-state index contributed by atoms with van der Waals surface area (Å²) in [6, 6.07) is 0. The largest absolute Gasteiger partial charge is 0.379 e. The Hall–Kier alpha value is -0.440. The predicted octanol–water partition coefficient (Wildman–Crippen LogP) is 6.28. The van der Waals surface area contributed by atoms with Crippen molar-refractivity contribution in [2.45, 2.75) is 97.3 Å². The summed E-state index contributed by atoms with van der Waals surface area (Å²) in [5.41, 5.74) is 0. The fourth-order valence-electron chi connectivity index (χ4n) is 4.45. The highest BCUT2D eigenvalue weighted by molar-refractivity contribution is 4.47. The molecule has 0 aliphatic heterocycles. The lowest BCUT2D eigenvalue weighted by Gasteiger charge is -2.09. The summed E-state index contributed by atoms with van der Waals surface area (Å²) in [4.78, 5) is 0. The van der Waals surface area contributed by atoms with Gasteiger partial charge in [0.1, 0.15) is 0 Å². The van der Waals surface area contributed by atoms with E-state index in [1.54, 1.807) is 0 Å². The number of ether oxygens (including phenoxy) is 11. The molecule has 290 valence electrons. The van der Waals surface area contributed by atoms with Crippen LogP contribution in [0.15, 0.2) is 0 Å². The smallest absolute Gasteiger partial charge is 0.0701 e. The van der Waals surface area contributed by atoms with Crippen LogP contribution in [0.5, 0.6) is 0 Å². The van der Waals surface area contributed by atoms with E-state index in [2.05, 4.69) is 13.8 Å². The molecule has 11 nitrogen and oxygen atoms in total. The first-order valence-corrected chi connectivity index (χ1v) is 19.3. The highest BCUT2D eigenvalue weighted by Crippen LogP contribution is 2.10. The molecular formula is C37H76O11. The third-order valence-corrected chi connectivity index (χ3v) is 7.25. The average molecular weight is 697 g/mol. The zero-order valence-corrected chi connectivity index (χ0v) is 31.2. The molecule has 0 aromatic rings. The number of hydrogen-bond donors (Lipinski definition) is 0. The van der Waals surface area contributed by atoms with Crippen molar-refractivity contribution < 1.29 is 52.1 Å². The monoisotopic (exact) mass is 697 g/mol. The van der Waals surface area contributed by atoms with Gasteiger partial charge in [0.25, 0.3) is 0 Å². The molecule has 0 fully saturated rings. The lowest BCUT2D eigenvalue weighted by atomic mass is 10.1. The zero-order valence-electron chi connectivity index (χ0n) is 31.2. The molecule has 0 saturated heterocycles. The van der Waals surface area contributed by atoms with E-state index in [4.69, 9.17) is 52.1 Å². The van der Waals surface area contributed by atoms with E-state index in [9.17, 15) is 0 Å². The second-order valence-electron chi connectivity index (χ2n) is 11.6. The maximum Gasteiger partial charge on any atom is 0.0701 e. The average Bonchev–Trinajstić information content (AvgIpc) is 3.10. The molecule has 0 aliphatic carbocycles. The van der Waals surface area contributed by atoms with Crippen molar-refractivity contribution in [3.8, 4) is 0 Å². The van der Waals surface area contributed by atoms with Crippen LogP contribution in [0.3, 0.4) is 0 Å². The molecule has 0 radical (unpaired) electrons. The SMILES string of the molecule is CCCCCCCCCCCCOCCOCCOCCOCCOCCOCCOCCOCCOCCOCCOCCCCC. The van der Waals surface area contributed by atoms with E-state index < -0.39 is 0 Å². The molecule has 0 aliphatic rings. The summed E-state index contributed by atoms with van der Waals surface area (Å²) in [6.07, 6.45) is 17.0. The molecular weight excluding hydrogens is 620 g/mol. The van der Waals surface area contributed by atoms with Crippen molar-refractivity contribution in [2.75, 3.05) is 145 Å². The first kappa shape index (κ1) is 47.6. The quantitative estimate of drug-likeness (QED) is 0.0673. The van der Waals surface area contributed by atoms with Crippen molar-refractivity contribution in [1.29, 1.82) is 0 Å². The molecule has 0 heterocycles. The van der Waals surface area contributed by atoms with E-state index in [1.807, 2.05) is 0 Å². The van der Waals surface area contributed by atoms with Gasteiger partial charge >= 0.3 is 0 Å². The highest BCUT2D eigenvalue weighted by Gasteiger charge is 1.97. The summed E-state index contributed by atoms with van der Waals surface area (Å²) in [5.74, 6) is 0. The van der Waals surface area contributed by atoms with Gasteiger partial charge in [-0.05, 0) is 12.8 Å². The van der Waals surface area contributed by atoms with Crippen molar-refractivity contribution in [1.82, 2.24) is 0 Å². The van der Waals surface area contributed by atoms with Crippen LogP contribution >= 0.6 is 0 Å². The lowest BCUT2D eigenvalue weighted by molar-refractivity contribution is -0.0275. The highest BCUT2D eigenvalue weighted by atomic mass is 16.6. The van der Waals surface area contributed by atoms with Crippen LogP contribution in [-0.4, -0.2) is 145 Å². The second kappa shape index (κ2) is 46.6. The van der Waals surface area contributed by atoms with Crippen LogP contribution in [0.4, 0.5) is 0 Å². The molecule has 0 aromatic heterocycles. The Kier molecular flexibility index (Phi) is 46.1. The molecule has 48 heavy (non-hydrogen) atoms. The van der Waals surface area contributed by atoms with Gasteiger partial charge in [-0.2, -0.15) is 0 Å². The zero-order chi connectivity index (χ0) is 34.5. The van der Waals surface area contributed by atoms with Crippen molar-refractivity contribution in [2.24, 2.45) is 0 Å². The van der Waals surface area contributed by atoms with Crippen LogP contribution in [0.1, 0.15) is 97.3 Å². The Morgan fingerprint density at radius 2 is 0.312 bits per heavy atom. The molecule has 0 spiro atoms. The van der Waals surface area contributed by atoms with Gasteiger partial charge in [-0.15, -0.1) is 0 Å². The van der Waals surface area contributed by atoms with Crippen molar-refractivity contribution in [3.05, 3.63) is 0 Å². The Morgan fingerprint density at radius 3 is 0.542 bits per heavy atom. The molecule has 0 unspecified atom stereocenters. The summed E-state index contributed by atoms with van der Waals surface area (Å²) in [5, 5.41) is 0. The van der Waals surface area contributed by atoms with E-state index >= 15 is 0 Å². The minimum atomic E-state index is 0.528. The van der Waals surface area contributed by atoms with E-state index in [0.717, 1.165) is 26.1 Å². The van der Waals surface area contributed by atoms with Gasteiger partial charge in [-0.1, -0.05) is 84.5 Å². The van der Waals surface area contributed by atoms with Crippen LogP contribution in [0.25, 0.3) is 0 Å². The Balaban J connectivity index is 3.04. The fourth-order valence-corrected chi connectivity index (χ4v) is 4.45. The number of unbranched alkanes of at least 4 members (excludes halogenated alkanes) is 11. The summed E-state index contributed by atoms with van der Waals surface area (Å²) in [6.45, 7) is 17.3. The maximum atomic E-state index is 5.65. The molecule has 11 heteroatoms. The van der Waals surface area contributed by atoms with Gasteiger partial charge in [-0.25, -0.2) is 0 Å². The molecule has 0 rings (SSSR count). The number of hydrogen-bond acceptors (Lipinski definition) is 11. The Bertz CT molecular complexity index is 499.